The SMILES string of the molecule is COC(=O)C(C)CCCNC1CCC(F)(F)CC1. The second-order valence-corrected chi connectivity index (χ2v) is 5.15. The third-order valence-electron chi connectivity index (χ3n) is 3.57. The van der Waals surface area contributed by atoms with Gasteiger partial charge < -0.3 is 10.1 Å². The Bertz CT molecular complexity index is 262. The highest BCUT2D eigenvalue weighted by Gasteiger charge is 2.34. The normalized spacial score (nSPS) is 21.6. The summed E-state index contributed by atoms with van der Waals surface area (Å²) < 4.78 is 30.5. The van der Waals surface area contributed by atoms with Crippen LogP contribution in [-0.4, -0.2) is 31.6 Å². The summed E-state index contributed by atoms with van der Waals surface area (Å²) in [5.74, 6) is -2.74. The monoisotopic (exact) mass is 263 g/mol. The Morgan fingerprint density at radius 2 is 2.06 bits per heavy atom. The van der Waals surface area contributed by atoms with Crippen molar-refractivity contribution in [2.45, 2.75) is 57.4 Å². The molecular formula is C13H23F2NO2. The fourth-order valence-corrected chi connectivity index (χ4v) is 2.28. The average molecular weight is 263 g/mol. The molecule has 5 heteroatoms. The van der Waals surface area contributed by atoms with E-state index in [0.29, 0.717) is 12.8 Å². The van der Waals surface area contributed by atoms with E-state index in [-0.39, 0.29) is 30.8 Å². The van der Waals surface area contributed by atoms with E-state index in [2.05, 4.69) is 10.1 Å². The van der Waals surface area contributed by atoms with Crippen molar-refractivity contribution in [2.24, 2.45) is 5.92 Å². The standard InChI is InChI=1S/C13H23F2NO2/c1-10(12(17)18-2)4-3-9-16-11-5-7-13(14,15)8-6-11/h10-11,16H,3-9H2,1-2H3. The highest BCUT2D eigenvalue weighted by atomic mass is 19.3. The third-order valence-corrected chi connectivity index (χ3v) is 3.57. The van der Waals surface area contributed by atoms with Gasteiger partial charge in [-0.05, 0) is 32.2 Å². The third kappa shape index (κ3) is 5.29. The predicted molar refractivity (Wildman–Crippen MR) is 65.6 cm³/mol. The van der Waals surface area contributed by atoms with E-state index in [0.717, 1.165) is 19.4 Å². The lowest BCUT2D eigenvalue weighted by atomic mass is 9.92. The first kappa shape index (κ1) is 15.3. The van der Waals surface area contributed by atoms with Crippen molar-refractivity contribution in [1.29, 1.82) is 0 Å². The number of hydrogen-bond acceptors (Lipinski definition) is 3. The minimum Gasteiger partial charge on any atom is -0.469 e. The van der Waals surface area contributed by atoms with Crippen LogP contribution in [0.2, 0.25) is 0 Å². The summed E-state index contributed by atoms with van der Waals surface area (Å²) in [6, 6.07) is 0.207. The van der Waals surface area contributed by atoms with E-state index in [1.165, 1.54) is 7.11 Å². The number of carbonyl (C=O) groups is 1. The molecule has 0 spiro atoms. The van der Waals surface area contributed by atoms with E-state index in [9.17, 15) is 13.6 Å². The molecule has 1 rings (SSSR count). The number of carbonyl (C=O) groups excluding carboxylic acids is 1. The predicted octanol–water partition coefficient (Wildman–Crippen LogP) is 2.74. The van der Waals surface area contributed by atoms with Crippen molar-refractivity contribution < 1.29 is 18.3 Å². The van der Waals surface area contributed by atoms with Crippen LogP contribution >= 0.6 is 0 Å². The zero-order valence-corrected chi connectivity index (χ0v) is 11.2. The maximum absolute atomic E-state index is 12.9. The second kappa shape index (κ2) is 7.02. The zero-order chi connectivity index (χ0) is 13.6. The van der Waals surface area contributed by atoms with Crippen molar-refractivity contribution in [1.82, 2.24) is 5.32 Å². The summed E-state index contributed by atoms with van der Waals surface area (Å²) in [7, 11) is 1.39. The molecule has 1 aliphatic rings. The Kier molecular flexibility index (Phi) is 5.99. The van der Waals surface area contributed by atoms with Gasteiger partial charge in [-0.25, -0.2) is 8.78 Å². The molecule has 106 valence electrons. The number of hydrogen-bond donors (Lipinski definition) is 1. The molecule has 1 N–H and O–H groups in total. The summed E-state index contributed by atoms with van der Waals surface area (Å²) in [6.45, 7) is 2.62. The molecule has 1 saturated carbocycles. The van der Waals surface area contributed by atoms with E-state index in [1.807, 2.05) is 6.92 Å². The fourth-order valence-electron chi connectivity index (χ4n) is 2.28. The highest BCUT2D eigenvalue weighted by molar-refractivity contribution is 5.71. The van der Waals surface area contributed by atoms with Crippen molar-refractivity contribution in [2.75, 3.05) is 13.7 Å². The van der Waals surface area contributed by atoms with Crippen LogP contribution in [-0.2, 0) is 9.53 Å². The van der Waals surface area contributed by atoms with E-state index in [1.54, 1.807) is 0 Å². The molecule has 0 saturated heterocycles. The van der Waals surface area contributed by atoms with Crippen molar-refractivity contribution in [3.63, 3.8) is 0 Å². The minimum atomic E-state index is -2.46. The van der Waals surface area contributed by atoms with E-state index >= 15 is 0 Å². The van der Waals surface area contributed by atoms with Gasteiger partial charge in [0.2, 0.25) is 5.92 Å². The molecule has 1 fully saturated rings. The van der Waals surface area contributed by atoms with E-state index in [4.69, 9.17) is 0 Å². The van der Waals surface area contributed by atoms with E-state index < -0.39 is 5.92 Å². The Morgan fingerprint density at radius 3 is 2.61 bits per heavy atom. The van der Waals surface area contributed by atoms with Crippen molar-refractivity contribution in [3.8, 4) is 0 Å². The molecule has 0 heterocycles. The first-order valence-electron chi connectivity index (χ1n) is 6.63. The summed E-state index contributed by atoms with van der Waals surface area (Å²) >= 11 is 0. The molecule has 0 aliphatic heterocycles. The molecule has 0 bridgehead atoms. The molecule has 0 aromatic heterocycles. The molecular weight excluding hydrogens is 240 g/mol. The first-order chi connectivity index (χ1) is 8.44. The number of nitrogens with one attached hydrogen (secondary N) is 1. The van der Waals surface area contributed by atoms with Crippen LogP contribution in [0.5, 0.6) is 0 Å². The quantitative estimate of drug-likeness (QED) is 0.591. The largest absolute Gasteiger partial charge is 0.469 e. The molecule has 0 radical (unpaired) electrons. The van der Waals surface area contributed by atoms with Gasteiger partial charge in [-0.1, -0.05) is 6.92 Å². The van der Waals surface area contributed by atoms with Crippen LogP contribution in [0, 0.1) is 5.92 Å². The molecule has 18 heavy (non-hydrogen) atoms. The maximum atomic E-state index is 12.9. The van der Waals surface area contributed by atoms with Crippen LogP contribution in [0.4, 0.5) is 8.78 Å². The number of esters is 1. The molecule has 3 nitrogen and oxygen atoms in total. The minimum absolute atomic E-state index is 0.0107. The highest BCUT2D eigenvalue weighted by Crippen LogP contribution is 2.32. The van der Waals surface area contributed by atoms with Gasteiger partial charge >= 0.3 is 5.97 Å². The zero-order valence-electron chi connectivity index (χ0n) is 11.2. The van der Waals surface area contributed by atoms with Crippen molar-refractivity contribution >= 4 is 5.97 Å². The smallest absolute Gasteiger partial charge is 0.308 e. The Labute approximate surface area is 107 Å². The summed E-state index contributed by atoms with van der Waals surface area (Å²) in [5.41, 5.74) is 0. The summed E-state index contributed by atoms with van der Waals surface area (Å²) in [6.07, 6.45) is 2.69. The molecule has 0 aromatic carbocycles. The van der Waals surface area contributed by atoms with Gasteiger partial charge in [0.15, 0.2) is 0 Å². The lowest BCUT2D eigenvalue weighted by Crippen LogP contribution is -2.37. The topological polar surface area (TPSA) is 38.3 Å². The van der Waals surface area contributed by atoms with Crippen LogP contribution in [0.15, 0.2) is 0 Å². The number of rotatable bonds is 6. The lowest BCUT2D eigenvalue weighted by molar-refractivity contribution is -0.145. The van der Waals surface area contributed by atoms with Crippen molar-refractivity contribution in [3.05, 3.63) is 0 Å². The first-order valence-corrected chi connectivity index (χ1v) is 6.63. The molecule has 1 unspecified atom stereocenters. The van der Waals surface area contributed by atoms with Gasteiger partial charge in [-0.2, -0.15) is 0 Å². The van der Waals surface area contributed by atoms with Gasteiger partial charge in [-0.15, -0.1) is 0 Å². The Hall–Kier alpha value is -0.710. The second-order valence-electron chi connectivity index (χ2n) is 5.15. The number of methoxy groups -OCH3 is 1. The molecule has 1 aliphatic carbocycles. The lowest BCUT2D eigenvalue weighted by Gasteiger charge is -2.29. The Morgan fingerprint density at radius 1 is 1.44 bits per heavy atom. The molecule has 1 atom stereocenters. The summed E-state index contributed by atoms with van der Waals surface area (Å²) in [5, 5.41) is 3.29. The maximum Gasteiger partial charge on any atom is 0.308 e. The van der Waals surface area contributed by atoms with Gasteiger partial charge in [-0.3, -0.25) is 4.79 Å². The number of halogens is 2. The van der Waals surface area contributed by atoms with Gasteiger partial charge in [0, 0.05) is 18.9 Å². The van der Waals surface area contributed by atoms with Crippen LogP contribution in [0.1, 0.15) is 45.4 Å². The Balaban J connectivity index is 2.07. The molecule has 0 amide bonds. The fraction of sp³-hybridized carbons (Fsp3) is 0.923. The van der Waals surface area contributed by atoms with Gasteiger partial charge in [0.25, 0.3) is 0 Å². The average Bonchev–Trinajstić information content (AvgIpc) is 2.35. The summed E-state index contributed by atoms with van der Waals surface area (Å²) in [4.78, 5) is 11.2. The van der Waals surface area contributed by atoms with Crippen LogP contribution in [0.3, 0.4) is 0 Å². The van der Waals surface area contributed by atoms with Gasteiger partial charge in [0.05, 0.1) is 13.0 Å². The van der Waals surface area contributed by atoms with Crippen LogP contribution < -0.4 is 5.32 Å². The van der Waals surface area contributed by atoms with Crippen LogP contribution in [0.25, 0.3) is 0 Å². The molecule has 0 aromatic rings. The number of alkyl halides is 2. The van der Waals surface area contributed by atoms with Gasteiger partial charge in [0.1, 0.15) is 0 Å². The number of ether oxygens (including phenoxy) is 1.